The number of nitrogens with zero attached hydrogens (tertiary/aromatic N) is 1. The molecule has 5 heteroatoms. The van der Waals surface area contributed by atoms with Gasteiger partial charge in [0.15, 0.2) is 0 Å². The predicted molar refractivity (Wildman–Crippen MR) is 51.2 cm³/mol. The number of hydrogen-bond acceptors (Lipinski definition) is 4. The van der Waals surface area contributed by atoms with E-state index in [2.05, 4.69) is 16.2 Å². The van der Waals surface area contributed by atoms with Gasteiger partial charge >= 0.3 is 0 Å². The molecule has 3 N–H and O–H groups in total. The summed E-state index contributed by atoms with van der Waals surface area (Å²) >= 11 is 1.36. The van der Waals surface area contributed by atoms with Crippen LogP contribution in [-0.4, -0.2) is 17.4 Å². The molecular weight excluding hydrogens is 186 g/mol. The topological polar surface area (TPSA) is 68.0 Å². The Kier molecular flexibility index (Phi) is 3.43. The molecule has 13 heavy (non-hydrogen) atoms. The van der Waals surface area contributed by atoms with Crippen LogP contribution < -0.4 is 11.1 Å². The van der Waals surface area contributed by atoms with Crippen LogP contribution in [0.2, 0.25) is 0 Å². The molecule has 0 fully saturated rings. The second kappa shape index (κ2) is 4.60. The molecule has 68 valence electrons. The van der Waals surface area contributed by atoms with E-state index in [0.29, 0.717) is 12.2 Å². The Bertz CT molecular complexity index is 339. The van der Waals surface area contributed by atoms with Gasteiger partial charge in [-0.1, -0.05) is 5.92 Å². The number of terminal acetylenes is 1. The van der Waals surface area contributed by atoms with Gasteiger partial charge in [-0.3, -0.25) is 4.79 Å². The average Bonchev–Trinajstić information content (AvgIpc) is 2.62. The summed E-state index contributed by atoms with van der Waals surface area (Å²) < 4.78 is 0. The van der Waals surface area contributed by atoms with Crippen molar-refractivity contribution in [1.82, 2.24) is 10.3 Å². The summed E-state index contributed by atoms with van der Waals surface area (Å²) in [5, 5.41) is 4.92. The Morgan fingerprint density at radius 3 is 3.15 bits per heavy atom. The van der Waals surface area contributed by atoms with Crippen molar-refractivity contribution in [2.75, 3.05) is 6.54 Å². The van der Waals surface area contributed by atoms with Crippen LogP contribution in [0.15, 0.2) is 5.38 Å². The Labute approximate surface area is 80.2 Å². The largest absolute Gasteiger partial charge is 0.340 e. The van der Waals surface area contributed by atoms with Crippen LogP contribution in [0.1, 0.15) is 15.5 Å². The minimum Gasteiger partial charge on any atom is -0.340 e. The molecule has 0 saturated heterocycles. The average molecular weight is 195 g/mol. The number of thiazole rings is 1. The van der Waals surface area contributed by atoms with Crippen LogP contribution in [0, 0.1) is 12.3 Å². The van der Waals surface area contributed by atoms with Crippen molar-refractivity contribution in [1.29, 1.82) is 0 Å². The van der Waals surface area contributed by atoms with E-state index in [1.54, 1.807) is 5.38 Å². The van der Waals surface area contributed by atoms with Gasteiger partial charge in [0.25, 0.3) is 5.91 Å². The van der Waals surface area contributed by atoms with E-state index in [1.807, 2.05) is 0 Å². The van der Waals surface area contributed by atoms with Crippen molar-refractivity contribution >= 4 is 17.2 Å². The van der Waals surface area contributed by atoms with Crippen LogP contribution >= 0.6 is 11.3 Å². The normalized spacial score (nSPS) is 9.23. The smallest absolute Gasteiger partial charge is 0.271 e. The molecule has 1 aromatic rings. The van der Waals surface area contributed by atoms with Crippen LogP contribution in [0.5, 0.6) is 0 Å². The minimum absolute atomic E-state index is 0.217. The molecule has 0 unspecified atom stereocenters. The molecule has 0 aromatic carbocycles. The zero-order valence-corrected chi connectivity index (χ0v) is 7.73. The highest BCUT2D eigenvalue weighted by molar-refractivity contribution is 7.09. The van der Waals surface area contributed by atoms with E-state index in [9.17, 15) is 4.79 Å². The number of amides is 1. The lowest BCUT2D eigenvalue weighted by Crippen LogP contribution is -2.23. The van der Waals surface area contributed by atoms with Crippen molar-refractivity contribution in [3.05, 3.63) is 16.1 Å². The van der Waals surface area contributed by atoms with Gasteiger partial charge < -0.3 is 11.1 Å². The number of hydrogen-bond donors (Lipinski definition) is 2. The number of aromatic nitrogens is 1. The van der Waals surface area contributed by atoms with Gasteiger partial charge in [0.2, 0.25) is 0 Å². The molecule has 0 aliphatic carbocycles. The quantitative estimate of drug-likeness (QED) is 0.665. The summed E-state index contributed by atoms with van der Waals surface area (Å²) in [5.41, 5.74) is 5.72. The van der Waals surface area contributed by atoms with E-state index in [-0.39, 0.29) is 12.5 Å². The van der Waals surface area contributed by atoms with Crippen molar-refractivity contribution in [2.45, 2.75) is 6.54 Å². The van der Waals surface area contributed by atoms with Crippen LogP contribution in [0.4, 0.5) is 0 Å². The Morgan fingerprint density at radius 1 is 1.85 bits per heavy atom. The maximum Gasteiger partial charge on any atom is 0.271 e. The summed E-state index contributed by atoms with van der Waals surface area (Å²) in [6.07, 6.45) is 4.98. The van der Waals surface area contributed by atoms with Gasteiger partial charge in [-0.25, -0.2) is 4.98 Å². The summed E-state index contributed by atoms with van der Waals surface area (Å²) in [6, 6.07) is 0. The molecule has 0 bridgehead atoms. The van der Waals surface area contributed by atoms with Gasteiger partial charge in [0.05, 0.1) is 6.54 Å². The molecule has 0 saturated carbocycles. The summed E-state index contributed by atoms with van der Waals surface area (Å²) in [7, 11) is 0. The highest BCUT2D eigenvalue weighted by atomic mass is 32.1. The van der Waals surface area contributed by atoms with Crippen molar-refractivity contribution in [2.24, 2.45) is 5.73 Å². The number of nitrogens with two attached hydrogens (primary N) is 1. The first-order chi connectivity index (χ1) is 6.27. The number of carbonyl (C=O) groups excluding carboxylic acids is 1. The fourth-order valence-electron chi connectivity index (χ4n) is 0.731. The molecule has 4 nitrogen and oxygen atoms in total. The fourth-order valence-corrected chi connectivity index (χ4v) is 1.39. The highest BCUT2D eigenvalue weighted by Gasteiger charge is 2.08. The van der Waals surface area contributed by atoms with Crippen LogP contribution in [0.3, 0.4) is 0 Å². The van der Waals surface area contributed by atoms with E-state index < -0.39 is 0 Å². The molecule has 0 radical (unpaired) electrons. The van der Waals surface area contributed by atoms with Gasteiger partial charge in [0, 0.05) is 11.9 Å². The lowest BCUT2D eigenvalue weighted by molar-refractivity contribution is 0.0954. The lowest BCUT2D eigenvalue weighted by atomic mass is 10.4. The molecule has 0 aliphatic heterocycles. The number of carbonyl (C=O) groups is 1. The maximum atomic E-state index is 11.2. The molecular formula is C8H9N3OS. The van der Waals surface area contributed by atoms with E-state index in [4.69, 9.17) is 12.2 Å². The summed E-state index contributed by atoms with van der Waals surface area (Å²) in [4.78, 5) is 15.2. The first-order valence-corrected chi connectivity index (χ1v) is 4.52. The van der Waals surface area contributed by atoms with Gasteiger partial charge in [-0.15, -0.1) is 17.8 Å². The lowest BCUT2D eigenvalue weighted by Gasteiger charge is -1.95. The molecule has 0 spiro atoms. The van der Waals surface area contributed by atoms with Crippen molar-refractivity contribution in [3.8, 4) is 12.3 Å². The second-order valence-corrected chi connectivity index (χ2v) is 3.16. The summed E-state index contributed by atoms with van der Waals surface area (Å²) in [5.74, 6) is 2.05. The number of nitrogens with one attached hydrogen (secondary N) is 1. The van der Waals surface area contributed by atoms with Crippen molar-refractivity contribution in [3.63, 3.8) is 0 Å². The van der Waals surface area contributed by atoms with E-state index in [0.717, 1.165) is 5.01 Å². The third-order valence-electron chi connectivity index (χ3n) is 1.31. The molecule has 0 atom stereocenters. The zero-order valence-electron chi connectivity index (χ0n) is 6.91. The Morgan fingerprint density at radius 2 is 2.62 bits per heavy atom. The van der Waals surface area contributed by atoms with Gasteiger partial charge in [0.1, 0.15) is 10.7 Å². The Balaban J connectivity index is 2.62. The summed E-state index contributed by atoms with van der Waals surface area (Å²) in [6.45, 7) is 0.571. The van der Waals surface area contributed by atoms with Gasteiger partial charge in [-0.2, -0.15) is 0 Å². The monoisotopic (exact) mass is 195 g/mol. The van der Waals surface area contributed by atoms with Gasteiger partial charge in [-0.05, 0) is 0 Å². The zero-order chi connectivity index (χ0) is 9.68. The third-order valence-corrected chi connectivity index (χ3v) is 2.18. The SMILES string of the molecule is C#CCNC(=O)c1csc(CN)n1. The van der Waals surface area contributed by atoms with Crippen LogP contribution in [0.25, 0.3) is 0 Å². The molecule has 1 aromatic heterocycles. The highest BCUT2D eigenvalue weighted by Crippen LogP contribution is 2.08. The van der Waals surface area contributed by atoms with E-state index >= 15 is 0 Å². The standard InChI is InChI=1S/C8H9N3OS/c1-2-3-10-8(12)6-5-13-7(4-9)11-6/h1,5H,3-4,9H2,(H,10,12). The molecule has 0 aliphatic rings. The number of rotatable bonds is 3. The minimum atomic E-state index is -0.256. The fraction of sp³-hybridized carbons (Fsp3) is 0.250. The molecule has 1 rings (SSSR count). The maximum absolute atomic E-state index is 11.2. The van der Waals surface area contributed by atoms with E-state index in [1.165, 1.54) is 11.3 Å². The Hall–Kier alpha value is -1.38. The molecule has 1 amide bonds. The first-order valence-electron chi connectivity index (χ1n) is 3.64. The molecule has 1 heterocycles. The third kappa shape index (κ3) is 2.54. The van der Waals surface area contributed by atoms with Crippen LogP contribution in [-0.2, 0) is 6.54 Å². The second-order valence-electron chi connectivity index (χ2n) is 2.22. The van der Waals surface area contributed by atoms with Crippen molar-refractivity contribution < 1.29 is 4.79 Å². The first kappa shape index (κ1) is 9.71. The predicted octanol–water partition coefficient (Wildman–Crippen LogP) is -0.0352.